The van der Waals surface area contributed by atoms with Gasteiger partial charge in [0.1, 0.15) is 0 Å². The molecule has 3 N–H and O–H groups in total. The molecule has 0 saturated heterocycles. The highest BCUT2D eigenvalue weighted by Gasteiger charge is 2.08. The summed E-state index contributed by atoms with van der Waals surface area (Å²) in [7, 11) is 0. The maximum atomic E-state index is 5.59. The maximum Gasteiger partial charge on any atom is 0.0482 e. The van der Waals surface area contributed by atoms with Crippen molar-refractivity contribution >= 4 is 23.3 Å². The topological polar surface area (TPSA) is 38.0 Å². The number of nitrogen functional groups attached to an aromatic ring is 1. The lowest BCUT2D eigenvalue weighted by Gasteiger charge is -1.97. The third kappa shape index (κ3) is 0.827. The molecule has 0 atom stereocenters. The Morgan fingerprint density at radius 2 is 2.40 bits per heavy atom. The highest BCUT2D eigenvalue weighted by Crippen LogP contribution is 2.31. The Hall–Kier alpha value is -0.830. The van der Waals surface area contributed by atoms with Crippen molar-refractivity contribution in [2.75, 3.05) is 10.5 Å². The molecular formula is C7H8N2S. The smallest absolute Gasteiger partial charge is 0.0482 e. The van der Waals surface area contributed by atoms with Gasteiger partial charge in [0.2, 0.25) is 0 Å². The quantitative estimate of drug-likeness (QED) is 0.440. The Kier molecular flexibility index (Phi) is 1.24. The van der Waals surface area contributed by atoms with Gasteiger partial charge < -0.3 is 10.5 Å². The standard InChI is InChI=1S/C7H8N2S/c8-6-1-2-7-5(3-6)4-10-9-7/h1-3,9H,4,8H2. The highest BCUT2D eigenvalue weighted by molar-refractivity contribution is 8.00. The summed E-state index contributed by atoms with van der Waals surface area (Å²) in [6.07, 6.45) is 0. The van der Waals surface area contributed by atoms with E-state index < -0.39 is 0 Å². The molecule has 2 rings (SSSR count). The van der Waals surface area contributed by atoms with Crippen molar-refractivity contribution in [1.82, 2.24) is 0 Å². The Bertz CT molecular complexity index is 260. The van der Waals surface area contributed by atoms with Gasteiger partial charge in [-0.3, -0.25) is 0 Å². The van der Waals surface area contributed by atoms with E-state index in [1.807, 2.05) is 18.2 Å². The molecule has 1 aliphatic rings. The molecule has 0 radical (unpaired) electrons. The van der Waals surface area contributed by atoms with E-state index in [-0.39, 0.29) is 0 Å². The van der Waals surface area contributed by atoms with Crippen LogP contribution in [0.1, 0.15) is 5.56 Å². The molecule has 0 unspecified atom stereocenters. The second-order valence-corrected chi connectivity index (χ2v) is 3.09. The molecule has 2 nitrogen and oxygen atoms in total. The zero-order valence-electron chi connectivity index (χ0n) is 5.42. The molecule has 0 fully saturated rings. The van der Waals surface area contributed by atoms with E-state index in [1.54, 1.807) is 11.9 Å². The molecule has 1 aromatic carbocycles. The molecule has 0 aromatic heterocycles. The van der Waals surface area contributed by atoms with E-state index in [0.717, 1.165) is 11.4 Å². The van der Waals surface area contributed by atoms with Gasteiger partial charge in [0.25, 0.3) is 0 Å². The van der Waals surface area contributed by atoms with E-state index in [2.05, 4.69) is 4.72 Å². The van der Waals surface area contributed by atoms with Crippen molar-refractivity contribution in [2.24, 2.45) is 0 Å². The van der Waals surface area contributed by atoms with Crippen LogP contribution in [0.3, 0.4) is 0 Å². The molecule has 52 valence electrons. The predicted octanol–water partition coefficient (Wildman–Crippen LogP) is 1.84. The number of fused-ring (bicyclic) bond motifs is 1. The van der Waals surface area contributed by atoms with Crippen LogP contribution in [0.4, 0.5) is 11.4 Å². The van der Waals surface area contributed by atoms with Crippen LogP contribution in [-0.4, -0.2) is 0 Å². The molecule has 10 heavy (non-hydrogen) atoms. The van der Waals surface area contributed by atoms with Gasteiger partial charge in [-0.15, -0.1) is 0 Å². The SMILES string of the molecule is Nc1ccc2c(c1)CSN2. The Morgan fingerprint density at radius 3 is 3.30 bits per heavy atom. The van der Waals surface area contributed by atoms with Gasteiger partial charge in [0, 0.05) is 17.1 Å². The number of benzene rings is 1. The van der Waals surface area contributed by atoms with Crippen LogP contribution < -0.4 is 10.5 Å². The lowest BCUT2D eigenvalue weighted by atomic mass is 10.2. The third-order valence-corrected chi connectivity index (χ3v) is 2.36. The fourth-order valence-electron chi connectivity index (χ4n) is 1.02. The predicted molar refractivity (Wildman–Crippen MR) is 45.8 cm³/mol. The number of anilines is 2. The second kappa shape index (κ2) is 2.09. The summed E-state index contributed by atoms with van der Waals surface area (Å²) in [5.41, 5.74) is 8.96. The zero-order chi connectivity index (χ0) is 6.97. The lowest BCUT2D eigenvalue weighted by Crippen LogP contribution is -1.86. The molecule has 0 amide bonds. The Labute approximate surface area is 63.9 Å². The normalized spacial score (nSPS) is 14.4. The largest absolute Gasteiger partial charge is 0.399 e. The summed E-state index contributed by atoms with van der Waals surface area (Å²) >= 11 is 1.71. The van der Waals surface area contributed by atoms with E-state index in [1.165, 1.54) is 11.3 Å². The fourth-order valence-corrected chi connectivity index (χ4v) is 1.85. The summed E-state index contributed by atoms with van der Waals surface area (Å²) < 4.78 is 3.19. The van der Waals surface area contributed by atoms with E-state index in [9.17, 15) is 0 Å². The molecular weight excluding hydrogens is 144 g/mol. The summed E-state index contributed by atoms with van der Waals surface area (Å²) in [4.78, 5) is 0. The minimum absolute atomic E-state index is 0.850. The van der Waals surface area contributed by atoms with Crippen LogP contribution in [0, 0.1) is 0 Å². The van der Waals surface area contributed by atoms with Crippen LogP contribution in [0.15, 0.2) is 18.2 Å². The lowest BCUT2D eigenvalue weighted by molar-refractivity contribution is 1.46. The number of rotatable bonds is 0. The van der Waals surface area contributed by atoms with Crippen LogP contribution in [-0.2, 0) is 5.75 Å². The Morgan fingerprint density at radius 1 is 1.50 bits per heavy atom. The number of nitrogens with two attached hydrogens (primary N) is 1. The second-order valence-electron chi connectivity index (χ2n) is 2.31. The van der Waals surface area contributed by atoms with Crippen LogP contribution in [0.5, 0.6) is 0 Å². The van der Waals surface area contributed by atoms with Gasteiger partial charge in [-0.1, -0.05) is 0 Å². The van der Waals surface area contributed by atoms with Gasteiger partial charge in [0.15, 0.2) is 0 Å². The van der Waals surface area contributed by atoms with Crippen molar-refractivity contribution < 1.29 is 0 Å². The van der Waals surface area contributed by atoms with Gasteiger partial charge >= 0.3 is 0 Å². The first-order valence-corrected chi connectivity index (χ1v) is 4.11. The highest BCUT2D eigenvalue weighted by atomic mass is 32.2. The van der Waals surface area contributed by atoms with Gasteiger partial charge in [-0.05, 0) is 35.7 Å². The van der Waals surface area contributed by atoms with Crippen LogP contribution in [0.2, 0.25) is 0 Å². The average Bonchev–Trinajstić information content (AvgIpc) is 2.33. The molecule has 1 heterocycles. The van der Waals surface area contributed by atoms with E-state index >= 15 is 0 Å². The summed E-state index contributed by atoms with van der Waals surface area (Å²) in [5, 5.41) is 0. The molecule has 1 aliphatic heterocycles. The van der Waals surface area contributed by atoms with Crippen LogP contribution >= 0.6 is 11.9 Å². The number of hydrogen-bond acceptors (Lipinski definition) is 3. The summed E-state index contributed by atoms with van der Waals surface area (Å²) in [6.45, 7) is 0. The first kappa shape index (κ1) is 5.92. The molecule has 0 saturated carbocycles. The van der Waals surface area contributed by atoms with Crippen LogP contribution in [0.25, 0.3) is 0 Å². The molecule has 0 bridgehead atoms. The third-order valence-electron chi connectivity index (χ3n) is 1.54. The van der Waals surface area contributed by atoms with Gasteiger partial charge in [0.05, 0.1) is 0 Å². The summed E-state index contributed by atoms with van der Waals surface area (Å²) in [5.74, 6) is 1.03. The first-order valence-electron chi connectivity index (χ1n) is 3.12. The van der Waals surface area contributed by atoms with Gasteiger partial charge in [-0.2, -0.15) is 0 Å². The maximum absolute atomic E-state index is 5.59. The Balaban J connectivity index is 2.52. The fraction of sp³-hybridized carbons (Fsp3) is 0.143. The van der Waals surface area contributed by atoms with Crippen molar-refractivity contribution in [2.45, 2.75) is 5.75 Å². The number of hydrogen-bond donors (Lipinski definition) is 2. The van der Waals surface area contributed by atoms with Crippen molar-refractivity contribution in [3.05, 3.63) is 23.8 Å². The molecule has 3 heteroatoms. The van der Waals surface area contributed by atoms with Crippen molar-refractivity contribution in [1.29, 1.82) is 0 Å². The summed E-state index contributed by atoms with van der Waals surface area (Å²) in [6, 6.07) is 5.95. The van der Waals surface area contributed by atoms with Crippen molar-refractivity contribution in [3.8, 4) is 0 Å². The van der Waals surface area contributed by atoms with E-state index in [0.29, 0.717) is 0 Å². The monoisotopic (exact) mass is 152 g/mol. The minimum Gasteiger partial charge on any atom is -0.399 e. The zero-order valence-corrected chi connectivity index (χ0v) is 6.24. The molecule has 0 spiro atoms. The van der Waals surface area contributed by atoms with Crippen molar-refractivity contribution in [3.63, 3.8) is 0 Å². The van der Waals surface area contributed by atoms with E-state index in [4.69, 9.17) is 5.73 Å². The van der Waals surface area contributed by atoms with Gasteiger partial charge in [-0.25, -0.2) is 0 Å². The average molecular weight is 152 g/mol. The molecule has 1 aromatic rings. The first-order chi connectivity index (χ1) is 4.86. The molecule has 0 aliphatic carbocycles. The number of nitrogens with one attached hydrogen (secondary N) is 1. The minimum atomic E-state index is 0.850.